The van der Waals surface area contributed by atoms with E-state index in [4.69, 9.17) is 10.5 Å². The maximum atomic E-state index is 13.4. The van der Waals surface area contributed by atoms with Crippen molar-refractivity contribution < 1.29 is 13.5 Å². The third-order valence-corrected chi connectivity index (χ3v) is 3.31. The Kier molecular flexibility index (Phi) is 3.94. The number of hydrogen-bond donors (Lipinski definition) is 1. The summed E-state index contributed by atoms with van der Waals surface area (Å²) in [7, 11) is 0. The first-order valence-corrected chi connectivity index (χ1v) is 6.02. The van der Waals surface area contributed by atoms with Crippen LogP contribution in [0.1, 0.15) is 25.7 Å². The van der Waals surface area contributed by atoms with Crippen molar-refractivity contribution in [1.29, 1.82) is 0 Å². The molecule has 2 N–H and O–H groups in total. The first kappa shape index (κ1) is 12.3. The smallest absolute Gasteiger partial charge is 0.167 e. The van der Waals surface area contributed by atoms with Gasteiger partial charge in [-0.2, -0.15) is 0 Å². The molecule has 0 bridgehead atoms. The minimum Gasteiger partial charge on any atom is -0.487 e. The van der Waals surface area contributed by atoms with Gasteiger partial charge in [0.05, 0.1) is 0 Å². The van der Waals surface area contributed by atoms with Crippen LogP contribution in [0, 0.1) is 17.6 Å². The van der Waals surface area contributed by atoms with Crippen LogP contribution < -0.4 is 10.5 Å². The lowest BCUT2D eigenvalue weighted by atomic mass is 9.86. The molecule has 0 aromatic heterocycles. The molecule has 94 valence electrons. The Bertz CT molecular complexity index is 384. The Morgan fingerprint density at radius 1 is 1.24 bits per heavy atom. The van der Waals surface area contributed by atoms with Gasteiger partial charge < -0.3 is 10.5 Å². The van der Waals surface area contributed by atoms with Gasteiger partial charge >= 0.3 is 0 Å². The molecule has 0 radical (unpaired) electrons. The van der Waals surface area contributed by atoms with E-state index in [-0.39, 0.29) is 17.8 Å². The molecule has 2 unspecified atom stereocenters. The van der Waals surface area contributed by atoms with E-state index in [0.29, 0.717) is 6.54 Å². The van der Waals surface area contributed by atoms with Gasteiger partial charge in [-0.3, -0.25) is 0 Å². The molecule has 0 heterocycles. The van der Waals surface area contributed by atoms with Crippen LogP contribution in [0.3, 0.4) is 0 Å². The average Bonchev–Trinajstić information content (AvgIpc) is 2.33. The first-order chi connectivity index (χ1) is 8.20. The van der Waals surface area contributed by atoms with E-state index in [9.17, 15) is 8.78 Å². The fourth-order valence-electron chi connectivity index (χ4n) is 2.33. The highest BCUT2D eigenvalue weighted by Crippen LogP contribution is 2.29. The van der Waals surface area contributed by atoms with Gasteiger partial charge in [-0.05, 0) is 37.9 Å². The Labute approximate surface area is 99.8 Å². The van der Waals surface area contributed by atoms with Crippen molar-refractivity contribution in [3.8, 4) is 5.75 Å². The van der Waals surface area contributed by atoms with Crippen molar-refractivity contribution in [3.05, 3.63) is 29.8 Å². The van der Waals surface area contributed by atoms with Crippen LogP contribution >= 0.6 is 0 Å². The summed E-state index contributed by atoms with van der Waals surface area (Å²) in [5.74, 6) is -0.842. The molecular weight excluding hydrogens is 224 g/mol. The van der Waals surface area contributed by atoms with E-state index in [1.165, 1.54) is 12.1 Å². The fourth-order valence-corrected chi connectivity index (χ4v) is 2.33. The highest BCUT2D eigenvalue weighted by atomic mass is 19.1. The molecule has 1 aliphatic rings. The number of halogens is 2. The number of rotatable bonds is 3. The summed E-state index contributed by atoms with van der Waals surface area (Å²) < 4.78 is 31.8. The zero-order valence-electron chi connectivity index (χ0n) is 9.66. The predicted octanol–water partition coefficient (Wildman–Crippen LogP) is 2.86. The third-order valence-electron chi connectivity index (χ3n) is 3.31. The van der Waals surface area contributed by atoms with Gasteiger partial charge in [-0.15, -0.1) is 0 Å². The number of ether oxygens (including phenoxy) is 1. The van der Waals surface area contributed by atoms with Gasteiger partial charge in [0.15, 0.2) is 11.6 Å². The average molecular weight is 241 g/mol. The van der Waals surface area contributed by atoms with Crippen LogP contribution in [-0.4, -0.2) is 12.6 Å². The molecule has 1 aliphatic carbocycles. The normalized spacial score (nSPS) is 24.6. The van der Waals surface area contributed by atoms with E-state index in [1.807, 2.05) is 0 Å². The number of hydrogen-bond acceptors (Lipinski definition) is 2. The molecule has 0 amide bonds. The highest BCUT2D eigenvalue weighted by molar-refractivity contribution is 5.25. The lowest BCUT2D eigenvalue weighted by Gasteiger charge is -2.31. The second kappa shape index (κ2) is 5.45. The van der Waals surface area contributed by atoms with Crippen molar-refractivity contribution >= 4 is 0 Å². The summed E-state index contributed by atoms with van der Waals surface area (Å²) in [4.78, 5) is 0. The van der Waals surface area contributed by atoms with E-state index in [2.05, 4.69) is 0 Å². The van der Waals surface area contributed by atoms with E-state index in [0.717, 1.165) is 31.7 Å². The molecular formula is C13H17F2NO. The van der Waals surface area contributed by atoms with Crippen molar-refractivity contribution in [2.45, 2.75) is 31.8 Å². The zero-order valence-corrected chi connectivity index (χ0v) is 9.66. The van der Waals surface area contributed by atoms with Gasteiger partial charge in [0, 0.05) is 12.0 Å². The van der Waals surface area contributed by atoms with Crippen LogP contribution in [0.25, 0.3) is 0 Å². The Balaban J connectivity index is 2.08. The molecule has 1 aromatic rings. The third kappa shape index (κ3) is 2.94. The maximum Gasteiger partial charge on any atom is 0.167 e. The van der Waals surface area contributed by atoms with E-state index < -0.39 is 11.6 Å². The lowest BCUT2D eigenvalue weighted by molar-refractivity contribution is 0.0926. The van der Waals surface area contributed by atoms with Gasteiger partial charge in [-0.25, -0.2) is 8.78 Å². The van der Waals surface area contributed by atoms with Crippen molar-refractivity contribution in [2.75, 3.05) is 6.54 Å². The summed E-state index contributed by atoms with van der Waals surface area (Å²) >= 11 is 0. The summed E-state index contributed by atoms with van der Waals surface area (Å²) in [6, 6.07) is 3.39. The lowest BCUT2D eigenvalue weighted by Crippen LogP contribution is -2.35. The SMILES string of the molecule is NCC1CCCCC1Oc1ccc(F)cc1F. The molecule has 2 atom stereocenters. The van der Waals surface area contributed by atoms with Crippen molar-refractivity contribution in [2.24, 2.45) is 11.7 Å². The molecule has 2 nitrogen and oxygen atoms in total. The Morgan fingerprint density at radius 2 is 2.00 bits per heavy atom. The quantitative estimate of drug-likeness (QED) is 0.883. The topological polar surface area (TPSA) is 35.2 Å². The van der Waals surface area contributed by atoms with Crippen LogP contribution in [-0.2, 0) is 0 Å². The number of benzene rings is 1. The largest absolute Gasteiger partial charge is 0.487 e. The Morgan fingerprint density at radius 3 is 2.71 bits per heavy atom. The zero-order chi connectivity index (χ0) is 12.3. The molecule has 0 saturated heterocycles. The fraction of sp³-hybridized carbons (Fsp3) is 0.538. The molecule has 0 aliphatic heterocycles. The molecule has 0 spiro atoms. The van der Waals surface area contributed by atoms with Crippen molar-refractivity contribution in [1.82, 2.24) is 0 Å². The minimum absolute atomic E-state index is 0.0475. The van der Waals surface area contributed by atoms with Gasteiger partial charge in [-0.1, -0.05) is 6.42 Å². The first-order valence-electron chi connectivity index (χ1n) is 6.02. The number of nitrogens with two attached hydrogens (primary N) is 1. The van der Waals surface area contributed by atoms with Gasteiger partial charge in [0.25, 0.3) is 0 Å². The molecule has 1 fully saturated rings. The molecule has 1 saturated carbocycles. The van der Waals surface area contributed by atoms with Crippen LogP contribution in [0.5, 0.6) is 5.75 Å². The van der Waals surface area contributed by atoms with Crippen molar-refractivity contribution in [3.63, 3.8) is 0 Å². The standard InChI is InChI=1S/C13H17F2NO/c14-10-5-6-13(11(15)7-10)17-12-4-2-1-3-9(12)8-16/h5-7,9,12H,1-4,8,16H2. The molecule has 1 aromatic carbocycles. The van der Waals surface area contributed by atoms with E-state index >= 15 is 0 Å². The van der Waals surface area contributed by atoms with Crippen LogP contribution in [0.4, 0.5) is 8.78 Å². The van der Waals surface area contributed by atoms with Crippen LogP contribution in [0.15, 0.2) is 18.2 Å². The highest BCUT2D eigenvalue weighted by Gasteiger charge is 2.26. The predicted molar refractivity (Wildman–Crippen MR) is 61.8 cm³/mol. The minimum atomic E-state index is -0.647. The van der Waals surface area contributed by atoms with Gasteiger partial charge in [0.1, 0.15) is 11.9 Å². The second-order valence-electron chi connectivity index (χ2n) is 4.51. The summed E-state index contributed by atoms with van der Waals surface area (Å²) in [6.07, 6.45) is 4.08. The monoisotopic (exact) mass is 241 g/mol. The maximum absolute atomic E-state index is 13.4. The molecule has 4 heteroatoms. The summed E-state index contributed by atoms with van der Waals surface area (Å²) in [5, 5.41) is 0. The van der Waals surface area contributed by atoms with E-state index in [1.54, 1.807) is 0 Å². The Hall–Kier alpha value is -1.16. The molecule has 2 rings (SSSR count). The summed E-state index contributed by atoms with van der Waals surface area (Å²) in [6.45, 7) is 0.549. The van der Waals surface area contributed by atoms with Crippen LogP contribution in [0.2, 0.25) is 0 Å². The second-order valence-corrected chi connectivity index (χ2v) is 4.51. The van der Waals surface area contributed by atoms with Gasteiger partial charge in [0.2, 0.25) is 0 Å². The molecule has 17 heavy (non-hydrogen) atoms. The summed E-state index contributed by atoms with van der Waals surface area (Å²) in [5.41, 5.74) is 5.68.